The van der Waals surface area contributed by atoms with Crippen LogP contribution in [0.25, 0.3) is 0 Å². The number of hydrogen-bond donors (Lipinski definition) is 0. The van der Waals surface area contributed by atoms with E-state index < -0.39 is 4.92 Å². The SMILES string of the molecule is COC(=S)c1cc(Oc2ccc(Cl)c(C)c2Cl)ccc1[N+](=O)[O-]. The Morgan fingerprint density at radius 2 is 1.96 bits per heavy atom. The normalized spacial score (nSPS) is 10.3. The Hall–Kier alpha value is -1.89. The lowest BCUT2D eigenvalue weighted by Crippen LogP contribution is -2.04. The first-order chi connectivity index (χ1) is 10.8. The van der Waals surface area contributed by atoms with E-state index in [4.69, 9.17) is 44.9 Å². The van der Waals surface area contributed by atoms with Gasteiger partial charge in [0.2, 0.25) is 0 Å². The van der Waals surface area contributed by atoms with Gasteiger partial charge in [-0.1, -0.05) is 23.2 Å². The number of thiocarbonyl (C=S) groups is 1. The zero-order valence-electron chi connectivity index (χ0n) is 12.1. The molecule has 0 unspecified atom stereocenters. The van der Waals surface area contributed by atoms with Crippen molar-refractivity contribution < 1.29 is 14.4 Å². The molecule has 0 saturated heterocycles. The summed E-state index contributed by atoms with van der Waals surface area (Å²) in [6.07, 6.45) is 0. The van der Waals surface area contributed by atoms with Crippen LogP contribution in [0.5, 0.6) is 11.5 Å². The fourth-order valence-electron chi connectivity index (χ4n) is 1.85. The maximum absolute atomic E-state index is 11.1. The van der Waals surface area contributed by atoms with E-state index in [1.165, 1.54) is 25.3 Å². The van der Waals surface area contributed by atoms with Crippen LogP contribution in [0, 0.1) is 17.0 Å². The van der Waals surface area contributed by atoms with Crippen LogP contribution in [0.15, 0.2) is 30.3 Å². The van der Waals surface area contributed by atoms with E-state index in [9.17, 15) is 10.1 Å². The average molecular weight is 372 g/mol. The summed E-state index contributed by atoms with van der Waals surface area (Å²) in [6.45, 7) is 1.76. The molecule has 0 aliphatic heterocycles. The molecular weight excluding hydrogens is 361 g/mol. The van der Waals surface area contributed by atoms with Crippen molar-refractivity contribution in [2.45, 2.75) is 6.92 Å². The molecule has 0 spiro atoms. The van der Waals surface area contributed by atoms with E-state index in [0.29, 0.717) is 27.1 Å². The first kappa shape index (κ1) is 17.5. The van der Waals surface area contributed by atoms with Crippen molar-refractivity contribution in [3.63, 3.8) is 0 Å². The van der Waals surface area contributed by atoms with Crippen molar-refractivity contribution in [2.24, 2.45) is 0 Å². The monoisotopic (exact) mass is 371 g/mol. The van der Waals surface area contributed by atoms with Crippen molar-refractivity contribution in [3.05, 3.63) is 61.6 Å². The van der Waals surface area contributed by atoms with Crippen molar-refractivity contribution >= 4 is 46.2 Å². The van der Waals surface area contributed by atoms with Gasteiger partial charge in [-0.05, 0) is 49.0 Å². The summed E-state index contributed by atoms with van der Waals surface area (Å²) in [5.74, 6) is 0.727. The molecule has 0 aliphatic carbocycles. The van der Waals surface area contributed by atoms with Gasteiger partial charge in [-0.3, -0.25) is 10.1 Å². The number of nitrogens with zero attached hydrogens (tertiary/aromatic N) is 1. The van der Waals surface area contributed by atoms with Gasteiger partial charge >= 0.3 is 0 Å². The Labute approximate surface area is 147 Å². The smallest absolute Gasteiger partial charge is 0.281 e. The van der Waals surface area contributed by atoms with E-state index in [1.54, 1.807) is 19.1 Å². The molecule has 23 heavy (non-hydrogen) atoms. The highest BCUT2D eigenvalue weighted by molar-refractivity contribution is 7.80. The zero-order valence-corrected chi connectivity index (χ0v) is 14.5. The summed E-state index contributed by atoms with van der Waals surface area (Å²) in [7, 11) is 1.35. The lowest BCUT2D eigenvalue weighted by Gasteiger charge is -2.11. The van der Waals surface area contributed by atoms with E-state index in [-0.39, 0.29) is 16.3 Å². The summed E-state index contributed by atoms with van der Waals surface area (Å²) in [5, 5.41) is 12.0. The Morgan fingerprint density at radius 3 is 2.57 bits per heavy atom. The van der Waals surface area contributed by atoms with Crippen LogP contribution >= 0.6 is 35.4 Å². The second-order valence-corrected chi connectivity index (χ2v) is 5.67. The van der Waals surface area contributed by atoms with Crippen LogP contribution in [0.2, 0.25) is 10.0 Å². The Bertz CT molecular complexity index is 795. The maximum atomic E-state index is 11.1. The number of nitro benzene ring substituents is 1. The number of nitro groups is 1. The number of benzene rings is 2. The van der Waals surface area contributed by atoms with E-state index in [2.05, 4.69) is 0 Å². The fourth-order valence-corrected chi connectivity index (χ4v) is 2.43. The van der Waals surface area contributed by atoms with Gasteiger partial charge < -0.3 is 9.47 Å². The van der Waals surface area contributed by atoms with Crippen LogP contribution in [0.1, 0.15) is 11.1 Å². The summed E-state index contributed by atoms with van der Waals surface area (Å²) in [5.41, 5.74) is 0.676. The highest BCUT2D eigenvalue weighted by Crippen LogP contribution is 2.36. The molecule has 5 nitrogen and oxygen atoms in total. The van der Waals surface area contributed by atoms with Crippen LogP contribution < -0.4 is 4.74 Å². The molecule has 2 rings (SSSR count). The number of ether oxygens (including phenoxy) is 2. The van der Waals surface area contributed by atoms with Crippen LogP contribution in [0.4, 0.5) is 5.69 Å². The standard InChI is InChI=1S/C15H11Cl2NO4S/c1-8-11(16)4-6-13(14(8)17)22-9-3-5-12(18(19)20)10(7-9)15(23)21-2/h3-7H,1-2H3. The van der Waals surface area contributed by atoms with Crippen molar-refractivity contribution in [3.8, 4) is 11.5 Å². The first-order valence-corrected chi connectivity index (χ1v) is 7.50. The van der Waals surface area contributed by atoms with Gasteiger partial charge in [0.05, 0.1) is 17.1 Å². The fraction of sp³-hybridized carbons (Fsp3) is 0.133. The molecule has 0 heterocycles. The second-order valence-electron chi connectivity index (χ2n) is 4.51. The zero-order chi connectivity index (χ0) is 17.1. The molecule has 0 saturated carbocycles. The molecule has 0 N–H and O–H groups in total. The van der Waals surface area contributed by atoms with Crippen molar-refractivity contribution in [1.82, 2.24) is 0 Å². The van der Waals surface area contributed by atoms with Gasteiger partial charge in [-0.15, -0.1) is 0 Å². The molecule has 0 fully saturated rings. The minimum atomic E-state index is -0.538. The molecule has 0 radical (unpaired) electrons. The lowest BCUT2D eigenvalue weighted by molar-refractivity contribution is -0.385. The molecule has 0 aliphatic rings. The minimum absolute atomic E-state index is 0.000494. The van der Waals surface area contributed by atoms with Gasteiger partial charge in [0.1, 0.15) is 17.1 Å². The number of hydrogen-bond acceptors (Lipinski definition) is 5. The number of halogens is 2. The summed E-state index contributed by atoms with van der Waals surface area (Å²) >= 11 is 17.2. The molecule has 0 bridgehead atoms. The van der Waals surface area contributed by atoms with Crippen molar-refractivity contribution in [1.29, 1.82) is 0 Å². The third kappa shape index (κ3) is 3.72. The van der Waals surface area contributed by atoms with Gasteiger partial charge in [0.25, 0.3) is 5.69 Å². The second kappa shape index (κ2) is 7.12. The molecule has 2 aromatic rings. The van der Waals surface area contributed by atoms with E-state index in [0.717, 1.165) is 0 Å². The van der Waals surface area contributed by atoms with Crippen LogP contribution in [-0.2, 0) is 4.74 Å². The third-order valence-electron chi connectivity index (χ3n) is 3.08. The highest BCUT2D eigenvalue weighted by atomic mass is 35.5. The van der Waals surface area contributed by atoms with Crippen LogP contribution in [0.3, 0.4) is 0 Å². The molecule has 0 amide bonds. The van der Waals surface area contributed by atoms with E-state index in [1.807, 2.05) is 0 Å². The van der Waals surface area contributed by atoms with Gasteiger partial charge in [0.15, 0.2) is 5.05 Å². The average Bonchev–Trinajstić information content (AvgIpc) is 2.54. The lowest BCUT2D eigenvalue weighted by atomic mass is 10.1. The summed E-state index contributed by atoms with van der Waals surface area (Å²) in [4.78, 5) is 10.5. The van der Waals surface area contributed by atoms with Crippen LogP contribution in [-0.4, -0.2) is 17.1 Å². The van der Waals surface area contributed by atoms with Crippen molar-refractivity contribution in [2.75, 3.05) is 7.11 Å². The quantitative estimate of drug-likeness (QED) is 0.413. The minimum Gasteiger partial charge on any atom is -0.486 e. The highest BCUT2D eigenvalue weighted by Gasteiger charge is 2.19. The molecule has 2 aromatic carbocycles. The van der Waals surface area contributed by atoms with Gasteiger partial charge in [0, 0.05) is 11.1 Å². The third-order valence-corrected chi connectivity index (χ3v) is 4.35. The maximum Gasteiger partial charge on any atom is 0.281 e. The summed E-state index contributed by atoms with van der Waals surface area (Å²) in [6, 6.07) is 7.47. The summed E-state index contributed by atoms with van der Waals surface area (Å²) < 4.78 is 10.6. The number of rotatable bonds is 4. The Balaban J connectivity index is 2.44. The molecule has 8 heteroatoms. The van der Waals surface area contributed by atoms with Gasteiger partial charge in [-0.25, -0.2) is 0 Å². The first-order valence-electron chi connectivity index (χ1n) is 6.34. The predicted octanol–water partition coefficient (Wildman–Crippen LogP) is 5.32. The molecule has 120 valence electrons. The molecular formula is C15H11Cl2NO4S. The largest absolute Gasteiger partial charge is 0.486 e. The predicted molar refractivity (Wildman–Crippen MR) is 93.1 cm³/mol. The van der Waals surface area contributed by atoms with Gasteiger partial charge in [-0.2, -0.15) is 0 Å². The Morgan fingerprint density at radius 1 is 1.26 bits per heavy atom. The molecule has 0 atom stereocenters. The Kier molecular flexibility index (Phi) is 5.41. The van der Waals surface area contributed by atoms with E-state index >= 15 is 0 Å². The molecule has 0 aromatic heterocycles. The topological polar surface area (TPSA) is 61.6 Å². The number of methoxy groups -OCH3 is 1.